The number of carbonyl (C=O) groups excluding carboxylic acids is 2. The van der Waals surface area contributed by atoms with E-state index in [1.807, 2.05) is 31.2 Å². The molecule has 0 saturated carbocycles. The molecule has 34 heavy (non-hydrogen) atoms. The van der Waals surface area contributed by atoms with Gasteiger partial charge in [0.25, 0.3) is 0 Å². The van der Waals surface area contributed by atoms with E-state index in [4.69, 9.17) is 9.47 Å². The molecule has 0 aromatic heterocycles. The maximum atomic E-state index is 12.8. The first-order valence-corrected chi connectivity index (χ1v) is 11.6. The molecule has 180 valence electrons. The number of aliphatic carboxylic acids is 1. The van der Waals surface area contributed by atoms with Gasteiger partial charge >= 0.3 is 12.1 Å². The fourth-order valence-electron chi connectivity index (χ4n) is 4.90. The number of amides is 2. The number of hydrogen-bond acceptors (Lipinski definition) is 5. The van der Waals surface area contributed by atoms with E-state index >= 15 is 0 Å². The topological polar surface area (TPSA) is 105 Å². The van der Waals surface area contributed by atoms with Crippen LogP contribution in [-0.2, 0) is 19.1 Å². The highest BCUT2D eigenvalue weighted by Gasteiger charge is 2.40. The molecular formula is C26H30N2O6. The van der Waals surface area contributed by atoms with E-state index in [1.165, 1.54) is 12.0 Å². The van der Waals surface area contributed by atoms with Crippen LogP contribution in [0.1, 0.15) is 36.8 Å². The lowest BCUT2D eigenvalue weighted by Crippen LogP contribution is -2.40. The predicted octanol–water partition coefficient (Wildman–Crippen LogP) is 3.25. The summed E-state index contributed by atoms with van der Waals surface area (Å²) < 4.78 is 10.8. The van der Waals surface area contributed by atoms with Gasteiger partial charge in [0.2, 0.25) is 5.91 Å². The lowest BCUT2D eigenvalue weighted by Gasteiger charge is -2.22. The van der Waals surface area contributed by atoms with Crippen molar-refractivity contribution in [1.29, 1.82) is 0 Å². The molecule has 8 nitrogen and oxygen atoms in total. The average Bonchev–Trinajstić information content (AvgIpc) is 3.42. The first kappa shape index (κ1) is 23.8. The number of carboxylic acid groups (broad SMARTS) is 1. The van der Waals surface area contributed by atoms with Crippen molar-refractivity contribution in [3.05, 3.63) is 59.7 Å². The summed E-state index contributed by atoms with van der Waals surface area (Å²) in [5.74, 6) is -1.98. The van der Waals surface area contributed by atoms with Gasteiger partial charge in [-0.25, -0.2) is 4.79 Å². The first-order chi connectivity index (χ1) is 16.4. The molecule has 1 fully saturated rings. The molecular weight excluding hydrogens is 436 g/mol. The highest BCUT2D eigenvalue weighted by molar-refractivity contribution is 5.81. The minimum Gasteiger partial charge on any atom is -0.481 e. The highest BCUT2D eigenvalue weighted by Crippen LogP contribution is 2.44. The molecule has 2 aliphatic rings. The van der Waals surface area contributed by atoms with Crippen LogP contribution < -0.4 is 5.32 Å². The standard InChI is InChI=1S/C26H30N2O6/c1-3-16(12-24(29)28-13-21(25(30)31)23(14-28)33-2)27-26(32)34-15-22-19-10-6-4-8-17(19)18-9-5-7-11-20(18)22/h4-11,16,21-23H,3,12-15H2,1-2H3,(H,27,32)(H,30,31)/t16-,21?,23?/m1/s1. The number of methoxy groups -OCH3 is 1. The number of benzene rings is 2. The molecule has 1 aliphatic heterocycles. The van der Waals surface area contributed by atoms with Gasteiger partial charge in [0.1, 0.15) is 12.5 Å². The third-order valence-corrected chi connectivity index (χ3v) is 6.82. The van der Waals surface area contributed by atoms with Gasteiger partial charge in [0.05, 0.1) is 6.10 Å². The summed E-state index contributed by atoms with van der Waals surface area (Å²) in [6, 6.07) is 15.8. The number of carbonyl (C=O) groups is 3. The Hall–Kier alpha value is -3.39. The summed E-state index contributed by atoms with van der Waals surface area (Å²) in [5, 5.41) is 12.1. The largest absolute Gasteiger partial charge is 0.481 e. The second-order valence-corrected chi connectivity index (χ2v) is 8.80. The lowest BCUT2D eigenvalue weighted by molar-refractivity contribution is -0.144. The zero-order chi connectivity index (χ0) is 24.2. The summed E-state index contributed by atoms with van der Waals surface area (Å²) in [6.07, 6.45) is -0.485. The van der Waals surface area contributed by atoms with Crippen LogP contribution in [0.5, 0.6) is 0 Å². The SMILES string of the molecule is CC[C@H](CC(=O)N1CC(OC)C(C(=O)O)C1)NC(=O)OCC1c2ccccc2-c2ccccc21. The molecule has 1 aliphatic carbocycles. The van der Waals surface area contributed by atoms with Crippen molar-refractivity contribution >= 4 is 18.0 Å². The molecule has 2 aromatic rings. The number of hydrogen-bond donors (Lipinski definition) is 2. The summed E-state index contributed by atoms with van der Waals surface area (Å²) in [7, 11) is 1.45. The van der Waals surface area contributed by atoms with E-state index in [0.29, 0.717) is 6.42 Å². The molecule has 1 heterocycles. The fraction of sp³-hybridized carbons (Fsp3) is 0.423. The third-order valence-electron chi connectivity index (χ3n) is 6.82. The third kappa shape index (κ3) is 4.77. The van der Waals surface area contributed by atoms with Crippen LogP contribution in [0.15, 0.2) is 48.5 Å². The van der Waals surface area contributed by atoms with Crippen molar-refractivity contribution in [3.63, 3.8) is 0 Å². The summed E-state index contributed by atoms with van der Waals surface area (Å²) in [5.41, 5.74) is 4.58. The second kappa shape index (κ2) is 10.3. The van der Waals surface area contributed by atoms with E-state index < -0.39 is 30.1 Å². The van der Waals surface area contributed by atoms with Crippen LogP contribution in [0, 0.1) is 5.92 Å². The zero-order valence-corrected chi connectivity index (χ0v) is 19.4. The van der Waals surface area contributed by atoms with Crippen LogP contribution >= 0.6 is 0 Å². The van der Waals surface area contributed by atoms with Gasteiger partial charge in [-0.3, -0.25) is 9.59 Å². The molecule has 2 amide bonds. The van der Waals surface area contributed by atoms with Gasteiger partial charge in [-0.15, -0.1) is 0 Å². The predicted molar refractivity (Wildman–Crippen MR) is 125 cm³/mol. The maximum Gasteiger partial charge on any atom is 0.407 e. The molecule has 0 bridgehead atoms. The molecule has 8 heteroatoms. The molecule has 1 saturated heterocycles. The van der Waals surface area contributed by atoms with Crippen molar-refractivity contribution in [3.8, 4) is 11.1 Å². The zero-order valence-electron chi connectivity index (χ0n) is 19.4. The Morgan fingerprint density at radius 1 is 1.06 bits per heavy atom. The normalized spacial score (nSPS) is 19.9. The van der Waals surface area contributed by atoms with Crippen LogP contribution in [-0.4, -0.2) is 66.9 Å². The van der Waals surface area contributed by atoms with Gasteiger partial charge in [-0.05, 0) is 28.7 Å². The van der Waals surface area contributed by atoms with E-state index in [1.54, 1.807) is 0 Å². The van der Waals surface area contributed by atoms with E-state index in [9.17, 15) is 19.5 Å². The van der Waals surface area contributed by atoms with Crippen molar-refractivity contribution in [2.45, 2.75) is 37.8 Å². The minimum atomic E-state index is -0.981. The van der Waals surface area contributed by atoms with Crippen molar-refractivity contribution < 1.29 is 29.0 Å². The Kier molecular flexibility index (Phi) is 7.17. The number of carboxylic acids is 1. The van der Waals surface area contributed by atoms with E-state index in [0.717, 1.165) is 22.3 Å². The summed E-state index contributed by atoms with van der Waals surface area (Å²) >= 11 is 0. The number of ether oxygens (including phenoxy) is 2. The maximum absolute atomic E-state index is 12.8. The Labute approximate surface area is 198 Å². The van der Waals surface area contributed by atoms with E-state index in [2.05, 4.69) is 29.6 Å². The van der Waals surface area contributed by atoms with Crippen molar-refractivity contribution in [1.82, 2.24) is 10.2 Å². The number of rotatable bonds is 8. The Bertz CT molecular complexity index is 1030. The summed E-state index contributed by atoms with van der Waals surface area (Å²) in [4.78, 5) is 38.2. The highest BCUT2D eigenvalue weighted by atomic mass is 16.5. The average molecular weight is 467 g/mol. The summed E-state index contributed by atoms with van der Waals surface area (Å²) in [6.45, 7) is 2.41. The number of alkyl carbamates (subject to hydrolysis) is 1. The number of fused-ring (bicyclic) bond motifs is 3. The smallest absolute Gasteiger partial charge is 0.407 e. The molecule has 3 atom stereocenters. The van der Waals surface area contributed by atoms with Gasteiger partial charge in [-0.2, -0.15) is 0 Å². The van der Waals surface area contributed by atoms with Gasteiger partial charge in [0.15, 0.2) is 0 Å². The quantitative estimate of drug-likeness (QED) is 0.619. The van der Waals surface area contributed by atoms with Crippen molar-refractivity contribution in [2.24, 2.45) is 5.92 Å². The van der Waals surface area contributed by atoms with Crippen LogP contribution in [0.3, 0.4) is 0 Å². The first-order valence-electron chi connectivity index (χ1n) is 11.6. The van der Waals surface area contributed by atoms with Crippen LogP contribution in [0.25, 0.3) is 11.1 Å². The van der Waals surface area contributed by atoms with Gasteiger partial charge < -0.3 is 24.8 Å². The Morgan fingerprint density at radius 2 is 1.68 bits per heavy atom. The molecule has 0 spiro atoms. The molecule has 2 N–H and O–H groups in total. The van der Waals surface area contributed by atoms with Crippen LogP contribution in [0.2, 0.25) is 0 Å². The van der Waals surface area contributed by atoms with Crippen molar-refractivity contribution in [2.75, 3.05) is 26.8 Å². The number of nitrogens with zero attached hydrogens (tertiary/aromatic N) is 1. The van der Waals surface area contributed by atoms with Gasteiger partial charge in [-0.1, -0.05) is 55.5 Å². The Balaban J connectivity index is 1.33. The molecule has 2 aromatic carbocycles. The van der Waals surface area contributed by atoms with Crippen LogP contribution in [0.4, 0.5) is 4.79 Å². The molecule has 2 unspecified atom stereocenters. The lowest BCUT2D eigenvalue weighted by atomic mass is 9.98. The number of likely N-dealkylation sites (tertiary alicyclic amines) is 1. The molecule has 4 rings (SSSR count). The second-order valence-electron chi connectivity index (χ2n) is 8.80. The fourth-order valence-corrected chi connectivity index (χ4v) is 4.90. The van der Waals surface area contributed by atoms with E-state index in [-0.39, 0.29) is 37.9 Å². The Morgan fingerprint density at radius 3 is 2.21 bits per heavy atom. The monoisotopic (exact) mass is 466 g/mol. The number of nitrogens with one attached hydrogen (secondary N) is 1. The molecule has 0 radical (unpaired) electrons. The van der Waals surface area contributed by atoms with Gasteiger partial charge in [0, 0.05) is 38.6 Å². The minimum absolute atomic E-state index is 0.0385.